The lowest BCUT2D eigenvalue weighted by atomic mass is 9.91. The van der Waals surface area contributed by atoms with E-state index in [0.29, 0.717) is 11.4 Å². The van der Waals surface area contributed by atoms with Crippen LogP contribution in [0.5, 0.6) is 0 Å². The number of carbonyl (C=O) groups excluding carboxylic acids is 1. The fourth-order valence-electron chi connectivity index (χ4n) is 2.97. The number of benzene rings is 1. The number of aliphatic hydroxyl groups excluding tert-OH is 1. The maximum Gasteiger partial charge on any atom is 0.271 e. The molecule has 0 aromatic heterocycles. The van der Waals surface area contributed by atoms with Crippen LogP contribution in [0, 0.1) is 12.8 Å². The Balaban J connectivity index is 1.79. The highest BCUT2D eigenvalue weighted by molar-refractivity contribution is 7.99. The predicted molar refractivity (Wildman–Crippen MR) is 101 cm³/mol. The maximum absolute atomic E-state index is 12.3. The number of anilines is 1. The largest absolute Gasteiger partial charge is 0.382 e. The Morgan fingerprint density at radius 1 is 1.29 bits per heavy atom. The number of nitrogens with zero attached hydrogens (tertiary/aromatic N) is 1. The minimum atomic E-state index is -1.28. The molecule has 0 radical (unpaired) electrons. The summed E-state index contributed by atoms with van der Waals surface area (Å²) >= 11 is 1.73. The van der Waals surface area contributed by atoms with Gasteiger partial charge in [-0.25, -0.2) is 10.9 Å². The third-order valence-electron chi connectivity index (χ3n) is 4.60. The summed E-state index contributed by atoms with van der Waals surface area (Å²) in [7, 11) is 0. The summed E-state index contributed by atoms with van der Waals surface area (Å²) in [5.41, 5.74) is 7.63. The van der Waals surface area contributed by atoms with Gasteiger partial charge in [-0.15, -0.1) is 0 Å². The number of rotatable bonds is 7. The topological polar surface area (TPSA) is 92.6 Å². The Morgan fingerprint density at radius 3 is 2.54 bits per heavy atom. The first kappa shape index (κ1) is 19.2. The van der Waals surface area contributed by atoms with Gasteiger partial charge < -0.3 is 10.8 Å². The van der Waals surface area contributed by atoms with E-state index < -0.39 is 18.1 Å². The molecule has 1 unspecified atom stereocenters. The van der Waals surface area contributed by atoms with E-state index in [9.17, 15) is 9.90 Å². The zero-order valence-corrected chi connectivity index (χ0v) is 15.2. The number of aryl methyl sites for hydroxylation is 1. The molecule has 24 heavy (non-hydrogen) atoms. The van der Waals surface area contributed by atoms with Gasteiger partial charge in [0.25, 0.3) is 5.91 Å². The fraction of sp³-hybridized carbons (Fsp3) is 0.611. The summed E-state index contributed by atoms with van der Waals surface area (Å²) in [6, 6.07) is 6.64. The van der Waals surface area contributed by atoms with Crippen molar-refractivity contribution in [2.45, 2.75) is 51.2 Å². The van der Waals surface area contributed by atoms with Gasteiger partial charge in [-0.1, -0.05) is 37.0 Å². The molecule has 1 amide bonds. The summed E-state index contributed by atoms with van der Waals surface area (Å²) in [6.07, 6.45) is 5.27. The zero-order chi connectivity index (χ0) is 17.5. The molecule has 1 saturated carbocycles. The van der Waals surface area contributed by atoms with Crippen LogP contribution in [-0.4, -0.2) is 34.7 Å². The molecule has 2 atom stereocenters. The summed E-state index contributed by atoms with van der Waals surface area (Å²) in [4.78, 5) is 12.3. The first-order chi connectivity index (χ1) is 11.5. The van der Waals surface area contributed by atoms with Crippen molar-refractivity contribution in [1.82, 2.24) is 0 Å². The lowest BCUT2D eigenvalue weighted by Crippen LogP contribution is -2.52. The van der Waals surface area contributed by atoms with Gasteiger partial charge in [0.1, 0.15) is 0 Å². The van der Waals surface area contributed by atoms with Crippen molar-refractivity contribution in [3.63, 3.8) is 0 Å². The number of hydrazine groups is 1. The average molecular weight is 352 g/mol. The Kier molecular flexibility index (Phi) is 7.55. The van der Waals surface area contributed by atoms with Crippen LogP contribution < -0.4 is 16.6 Å². The second kappa shape index (κ2) is 9.42. The molecule has 1 aromatic rings. The number of nitrogens with two attached hydrogens (primary N) is 2. The fourth-order valence-corrected chi connectivity index (χ4v) is 4.23. The van der Waals surface area contributed by atoms with E-state index in [2.05, 4.69) is 0 Å². The van der Waals surface area contributed by atoms with E-state index in [0.717, 1.165) is 22.2 Å². The highest BCUT2D eigenvalue weighted by atomic mass is 32.2. The minimum Gasteiger partial charge on any atom is -0.382 e. The van der Waals surface area contributed by atoms with Crippen molar-refractivity contribution in [3.8, 4) is 0 Å². The van der Waals surface area contributed by atoms with Crippen LogP contribution in [-0.2, 0) is 4.79 Å². The summed E-state index contributed by atoms with van der Waals surface area (Å²) < 4.78 is 0. The lowest BCUT2D eigenvalue weighted by molar-refractivity contribution is -0.127. The van der Waals surface area contributed by atoms with Crippen molar-refractivity contribution in [1.29, 1.82) is 0 Å². The molecule has 1 aromatic carbocycles. The minimum absolute atomic E-state index is 0.548. The first-order valence-corrected chi connectivity index (χ1v) is 9.81. The molecule has 134 valence electrons. The number of carbonyl (C=O) groups is 1. The van der Waals surface area contributed by atoms with E-state index in [1.54, 1.807) is 23.9 Å². The number of aliphatic hydroxyl groups is 1. The van der Waals surface area contributed by atoms with Gasteiger partial charge in [-0.3, -0.25) is 4.79 Å². The van der Waals surface area contributed by atoms with Gasteiger partial charge in [-0.05, 0) is 43.6 Å². The Labute approximate surface area is 148 Å². The Morgan fingerprint density at radius 2 is 1.92 bits per heavy atom. The van der Waals surface area contributed by atoms with Gasteiger partial charge >= 0.3 is 0 Å². The zero-order valence-electron chi connectivity index (χ0n) is 14.4. The number of amides is 1. The van der Waals surface area contributed by atoms with Gasteiger partial charge in [0, 0.05) is 11.8 Å². The van der Waals surface area contributed by atoms with E-state index in [4.69, 9.17) is 11.6 Å². The van der Waals surface area contributed by atoms with E-state index in [1.807, 2.05) is 19.1 Å². The highest BCUT2D eigenvalue weighted by Crippen LogP contribution is 2.27. The van der Waals surface area contributed by atoms with Gasteiger partial charge in [0.2, 0.25) is 0 Å². The number of hydrogen-bond donors (Lipinski definition) is 3. The molecule has 0 spiro atoms. The van der Waals surface area contributed by atoms with Crippen molar-refractivity contribution in [3.05, 3.63) is 29.8 Å². The molecule has 0 bridgehead atoms. The Bertz CT molecular complexity index is 518. The van der Waals surface area contributed by atoms with Crippen LogP contribution in [0.3, 0.4) is 0 Å². The number of hydrogen-bond acceptors (Lipinski definition) is 5. The average Bonchev–Trinajstić information content (AvgIpc) is 2.61. The van der Waals surface area contributed by atoms with Crippen molar-refractivity contribution in [2.75, 3.05) is 16.5 Å². The van der Waals surface area contributed by atoms with Crippen LogP contribution in [0.1, 0.15) is 37.7 Å². The molecule has 5 N–H and O–H groups in total. The first-order valence-electron chi connectivity index (χ1n) is 8.65. The highest BCUT2D eigenvalue weighted by Gasteiger charge is 2.27. The van der Waals surface area contributed by atoms with Gasteiger partial charge in [0.05, 0.1) is 5.69 Å². The third-order valence-corrected chi connectivity index (χ3v) is 5.92. The van der Waals surface area contributed by atoms with Gasteiger partial charge in [-0.2, -0.15) is 11.8 Å². The van der Waals surface area contributed by atoms with E-state index >= 15 is 0 Å². The van der Waals surface area contributed by atoms with Crippen molar-refractivity contribution in [2.24, 2.45) is 17.5 Å². The summed E-state index contributed by atoms with van der Waals surface area (Å²) in [6.45, 7) is 1.96. The predicted octanol–water partition coefficient (Wildman–Crippen LogP) is 2.20. The third kappa shape index (κ3) is 5.48. The van der Waals surface area contributed by atoms with Crippen molar-refractivity contribution < 1.29 is 9.90 Å². The molecule has 6 heteroatoms. The van der Waals surface area contributed by atoms with Gasteiger partial charge in [0.15, 0.2) is 6.10 Å². The normalized spacial score (nSPS) is 18.2. The maximum atomic E-state index is 12.3. The second-order valence-corrected chi connectivity index (χ2v) is 7.77. The van der Waals surface area contributed by atoms with E-state index in [1.165, 1.54) is 32.1 Å². The van der Waals surface area contributed by atoms with Crippen LogP contribution in [0.15, 0.2) is 24.3 Å². The molecule has 1 aliphatic rings. The summed E-state index contributed by atoms with van der Waals surface area (Å²) in [5, 5.41) is 11.2. The lowest BCUT2D eigenvalue weighted by Gasteiger charge is -2.25. The molecular formula is C18H29N3O2S. The molecule has 2 rings (SSSR count). The monoisotopic (exact) mass is 351 g/mol. The molecule has 5 nitrogen and oxygen atoms in total. The van der Waals surface area contributed by atoms with Crippen LogP contribution in [0.25, 0.3) is 0 Å². The smallest absolute Gasteiger partial charge is 0.271 e. The molecule has 0 heterocycles. The molecule has 0 aliphatic heterocycles. The quantitative estimate of drug-likeness (QED) is 0.398. The van der Waals surface area contributed by atoms with Crippen LogP contribution >= 0.6 is 11.8 Å². The molecular weight excluding hydrogens is 322 g/mol. The summed E-state index contributed by atoms with van der Waals surface area (Å²) in [5.74, 6) is 7.64. The van der Waals surface area contributed by atoms with Crippen LogP contribution in [0.2, 0.25) is 0 Å². The second-order valence-electron chi connectivity index (χ2n) is 6.69. The number of thioether (sulfide) groups is 1. The van der Waals surface area contributed by atoms with E-state index in [-0.39, 0.29) is 0 Å². The Hall–Kier alpha value is -1.08. The SMILES string of the molecule is Cc1ccc(N(N)C(=O)C(O)[C@H](N)CSCC2CCCCC2)cc1. The van der Waals surface area contributed by atoms with Crippen LogP contribution in [0.4, 0.5) is 5.69 Å². The molecule has 1 aliphatic carbocycles. The molecule has 0 saturated heterocycles. The van der Waals surface area contributed by atoms with Crippen molar-refractivity contribution >= 4 is 23.4 Å². The molecule has 1 fully saturated rings. The standard InChI is InChI=1S/C18H29N3O2S/c1-13-7-9-15(10-8-13)21(20)18(23)17(22)16(19)12-24-11-14-5-3-2-4-6-14/h7-10,14,16-17,22H,2-6,11-12,19-20H2,1H3/t16-,17?/m1/s1.